The number of carbonyl (C=O) groups excluding carboxylic acids is 1. The van der Waals surface area contributed by atoms with E-state index in [1.165, 1.54) is 5.56 Å². The van der Waals surface area contributed by atoms with Gasteiger partial charge in [0.1, 0.15) is 17.2 Å². The van der Waals surface area contributed by atoms with Gasteiger partial charge in [-0.1, -0.05) is 42.5 Å². The van der Waals surface area contributed by atoms with Gasteiger partial charge in [-0.15, -0.1) is 11.8 Å². The van der Waals surface area contributed by atoms with E-state index in [2.05, 4.69) is 12.1 Å². The first-order chi connectivity index (χ1) is 15.6. The predicted octanol–water partition coefficient (Wildman–Crippen LogP) is 5.56. The molecule has 0 radical (unpaired) electrons. The van der Waals surface area contributed by atoms with Crippen molar-refractivity contribution in [2.75, 3.05) is 13.2 Å². The van der Waals surface area contributed by atoms with Crippen LogP contribution in [0.1, 0.15) is 29.7 Å². The number of esters is 1. The summed E-state index contributed by atoms with van der Waals surface area (Å²) < 4.78 is 17.0. The molecule has 1 aliphatic rings. The van der Waals surface area contributed by atoms with Gasteiger partial charge >= 0.3 is 5.97 Å². The summed E-state index contributed by atoms with van der Waals surface area (Å²) in [6.45, 7) is 2.53. The molecule has 1 heterocycles. The van der Waals surface area contributed by atoms with Gasteiger partial charge in [0.2, 0.25) is 0 Å². The Morgan fingerprint density at radius 3 is 2.53 bits per heavy atom. The number of rotatable bonds is 8. The molecule has 0 amide bonds. The Hall–Kier alpha value is -2.96. The van der Waals surface area contributed by atoms with Crippen molar-refractivity contribution in [2.24, 2.45) is 0 Å². The summed E-state index contributed by atoms with van der Waals surface area (Å²) in [4.78, 5) is 12.7. The van der Waals surface area contributed by atoms with Crippen LogP contribution in [0.3, 0.4) is 0 Å². The zero-order valence-electron chi connectivity index (χ0n) is 17.9. The Morgan fingerprint density at radius 2 is 1.75 bits per heavy atom. The number of para-hydroxylation sites is 2. The molecule has 0 fully saturated rings. The third-order valence-electron chi connectivity index (χ3n) is 5.16. The van der Waals surface area contributed by atoms with Gasteiger partial charge in [-0.3, -0.25) is 0 Å². The molecule has 3 aromatic rings. The molecule has 32 heavy (non-hydrogen) atoms. The van der Waals surface area contributed by atoms with Crippen LogP contribution in [-0.4, -0.2) is 30.4 Å². The standard InChI is InChI=1S/C26H26O5S/c1-2-29-26(28)21(27)17-18-11-13-19(14-12-18)30-16-15-24-20-7-3-4-8-22(20)31-23-9-5-6-10-25(23)32-24/h3-14,21,24,27H,2,15-17H2,1H3. The number of aliphatic hydroxyl groups is 1. The fourth-order valence-electron chi connectivity index (χ4n) is 3.57. The molecule has 2 unspecified atom stereocenters. The molecule has 5 nitrogen and oxygen atoms in total. The molecule has 0 aliphatic carbocycles. The van der Waals surface area contributed by atoms with Crippen molar-refractivity contribution in [3.8, 4) is 17.2 Å². The quantitative estimate of drug-likeness (QED) is 0.453. The van der Waals surface area contributed by atoms with E-state index in [1.807, 2.05) is 60.7 Å². The third-order valence-corrected chi connectivity index (χ3v) is 6.53. The first kappa shape index (κ1) is 22.2. The number of thioether (sulfide) groups is 1. The Labute approximate surface area is 192 Å². The Bertz CT molecular complexity index is 1050. The molecule has 0 saturated heterocycles. The normalized spacial score (nSPS) is 15.5. The van der Waals surface area contributed by atoms with Crippen LogP contribution in [0.2, 0.25) is 0 Å². The lowest BCUT2D eigenvalue weighted by Gasteiger charge is -2.16. The molecule has 4 rings (SSSR count). The lowest BCUT2D eigenvalue weighted by Crippen LogP contribution is -2.25. The van der Waals surface area contributed by atoms with Crippen molar-refractivity contribution in [3.05, 3.63) is 83.9 Å². The van der Waals surface area contributed by atoms with Gasteiger partial charge in [-0.25, -0.2) is 4.79 Å². The molecule has 6 heteroatoms. The monoisotopic (exact) mass is 450 g/mol. The number of ether oxygens (including phenoxy) is 3. The van der Waals surface area contributed by atoms with Crippen molar-refractivity contribution >= 4 is 17.7 Å². The first-order valence-electron chi connectivity index (χ1n) is 10.7. The van der Waals surface area contributed by atoms with Crippen molar-refractivity contribution in [2.45, 2.75) is 36.0 Å². The van der Waals surface area contributed by atoms with Gasteiger partial charge in [0, 0.05) is 17.2 Å². The molecule has 3 aromatic carbocycles. The van der Waals surface area contributed by atoms with Crippen molar-refractivity contribution in [1.29, 1.82) is 0 Å². The summed E-state index contributed by atoms with van der Waals surface area (Å²) in [5.41, 5.74) is 2.01. The topological polar surface area (TPSA) is 65.0 Å². The van der Waals surface area contributed by atoms with Gasteiger partial charge < -0.3 is 19.3 Å². The van der Waals surface area contributed by atoms with E-state index in [9.17, 15) is 9.90 Å². The average Bonchev–Trinajstić information content (AvgIpc) is 2.97. The smallest absolute Gasteiger partial charge is 0.335 e. The van der Waals surface area contributed by atoms with Crippen LogP contribution >= 0.6 is 11.8 Å². The highest BCUT2D eigenvalue weighted by Gasteiger charge is 2.24. The molecule has 1 N–H and O–H groups in total. The van der Waals surface area contributed by atoms with E-state index in [0.29, 0.717) is 6.61 Å². The van der Waals surface area contributed by atoms with Gasteiger partial charge in [0.15, 0.2) is 6.10 Å². The van der Waals surface area contributed by atoms with Gasteiger partial charge in [0.25, 0.3) is 0 Å². The van der Waals surface area contributed by atoms with Gasteiger partial charge in [-0.05, 0) is 49.2 Å². The van der Waals surface area contributed by atoms with E-state index >= 15 is 0 Å². The second-order valence-electron chi connectivity index (χ2n) is 7.45. The van der Waals surface area contributed by atoms with Gasteiger partial charge in [0.05, 0.1) is 18.1 Å². The van der Waals surface area contributed by atoms with E-state index in [4.69, 9.17) is 14.2 Å². The van der Waals surface area contributed by atoms with Crippen LogP contribution in [0.25, 0.3) is 0 Å². The molecular weight excluding hydrogens is 424 g/mol. The number of hydrogen-bond donors (Lipinski definition) is 1. The van der Waals surface area contributed by atoms with Crippen molar-refractivity contribution in [1.82, 2.24) is 0 Å². The lowest BCUT2D eigenvalue weighted by molar-refractivity contribution is -0.152. The van der Waals surface area contributed by atoms with Crippen molar-refractivity contribution < 1.29 is 24.1 Å². The summed E-state index contributed by atoms with van der Waals surface area (Å²) in [5, 5.41) is 10.1. The van der Waals surface area contributed by atoms with Crippen molar-refractivity contribution in [3.63, 3.8) is 0 Å². The highest BCUT2D eigenvalue weighted by Crippen LogP contribution is 2.49. The SMILES string of the molecule is CCOC(=O)C(O)Cc1ccc(OCCC2Sc3ccccc3Oc3ccccc32)cc1. The molecule has 0 aromatic heterocycles. The maximum atomic E-state index is 11.6. The van der Waals surface area contributed by atoms with Crippen LogP contribution in [0.5, 0.6) is 17.2 Å². The second-order valence-corrected chi connectivity index (χ2v) is 8.69. The minimum absolute atomic E-state index is 0.216. The Kier molecular flexibility index (Phi) is 7.35. The minimum atomic E-state index is -1.15. The summed E-state index contributed by atoms with van der Waals surface area (Å²) in [6.07, 6.45) is -0.115. The third kappa shape index (κ3) is 5.44. The molecule has 0 spiro atoms. The number of benzene rings is 3. The fraction of sp³-hybridized carbons (Fsp3) is 0.269. The van der Waals surface area contributed by atoms with Crippen LogP contribution in [0, 0.1) is 0 Å². The number of aliphatic hydroxyl groups excluding tert-OH is 1. The van der Waals surface area contributed by atoms with Crippen LogP contribution < -0.4 is 9.47 Å². The number of fused-ring (bicyclic) bond motifs is 2. The zero-order chi connectivity index (χ0) is 22.3. The maximum absolute atomic E-state index is 11.6. The summed E-state index contributed by atoms with van der Waals surface area (Å²) in [5.74, 6) is 1.93. The first-order valence-corrected chi connectivity index (χ1v) is 11.6. The van der Waals surface area contributed by atoms with E-state index < -0.39 is 12.1 Å². The Balaban J connectivity index is 1.36. The summed E-state index contributed by atoms with van der Waals surface area (Å²) in [6, 6.07) is 23.7. The lowest BCUT2D eigenvalue weighted by atomic mass is 10.1. The molecule has 0 saturated carbocycles. The highest BCUT2D eigenvalue weighted by molar-refractivity contribution is 7.99. The molecule has 0 bridgehead atoms. The highest BCUT2D eigenvalue weighted by atomic mass is 32.2. The predicted molar refractivity (Wildman–Crippen MR) is 124 cm³/mol. The molecule has 2 atom stereocenters. The maximum Gasteiger partial charge on any atom is 0.335 e. The van der Waals surface area contributed by atoms with Gasteiger partial charge in [-0.2, -0.15) is 0 Å². The van der Waals surface area contributed by atoms with E-state index in [-0.39, 0.29) is 18.3 Å². The number of hydrogen-bond acceptors (Lipinski definition) is 6. The zero-order valence-corrected chi connectivity index (χ0v) is 18.7. The largest absolute Gasteiger partial charge is 0.494 e. The Morgan fingerprint density at radius 1 is 1.03 bits per heavy atom. The fourth-order valence-corrected chi connectivity index (χ4v) is 4.80. The van der Waals surface area contributed by atoms with E-state index in [1.54, 1.807) is 18.7 Å². The molecular formula is C26H26O5S. The number of carbonyl (C=O) groups is 1. The minimum Gasteiger partial charge on any atom is -0.494 e. The molecule has 166 valence electrons. The second kappa shape index (κ2) is 10.6. The average molecular weight is 451 g/mol. The van der Waals surface area contributed by atoms with Crippen LogP contribution in [-0.2, 0) is 16.0 Å². The summed E-state index contributed by atoms with van der Waals surface area (Å²) >= 11 is 1.79. The summed E-state index contributed by atoms with van der Waals surface area (Å²) in [7, 11) is 0. The van der Waals surface area contributed by atoms with E-state index in [0.717, 1.165) is 34.1 Å². The van der Waals surface area contributed by atoms with Crippen LogP contribution in [0.4, 0.5) is 0 Å². The molecule has 1 aliphatic heterocycles. The van der Waals surface area contributed by atoms with Crippen LogP contribution in [0.15, 0.2) is 77.7 Å².